The zero-order chi connectivity index (χ0) is 9.68. The standard InChI is InChI=1S/C11H15NO/c1-10-6-3-4-7-11(10)12(2)8-5-9-13/h3-4,6-7,9H,5,8H2,1-2H3. The molecule has 0 aromatic heterocycles. The van der Waals surface area contributed by atoms with Crippen molar-refractivity contribution in [3.63, 3.8) is 0 Å². The van der Waals surface area contributed by atoms with Crippen molar-refractivity contribution in [3.8, 4) is 0 Å². The Hall–Kier alpha value is -1.31. The van der Waals surface area contributed by atoms with E-state index in [1.54, 1.807) is 0 Å². The van der Waals surface area contributed by atoms with Crippen molar-refractivity contribution in [2.24, 2.45) is 0 Å². The summed E-state index contributed by atoms with van der Waals surface area (Å²) in [7, 11) is 2.01. The molecule has 70 valence electrons. The maximum Gasteiger partial charge on any atom is 0.121 e. The van der Waals surface area contributed by atoms with Crippen molar-refractivity contribution in [3.05, 3.63) is 29.8 Å². The number of anilines is 1. The van der Waals surface area contributed by atoms with Crippen LogP contribution in [-0.4, -0.2) is 19.9 Å². The van der Waals surface area contributed by atoms with Gasteiger partial charge in [0.1, 0.15) is 6.29 Å². The van der Waals surface area contributed by atoms with Gasteiger partial charge >= 0.3 is 0 Å². The largest absolute Gasteiger partial charge is 0.374 e. The molecule has 0 spiro atoms. The first kappa shape index (κ1) is 9.78. The number of benzene rings is 1. The molecule has 2 heteroatoms. The lowest BCUT2D eigenvalue weighted by Gasteiger charge is -2.19. The van der Waals surface area contributed by atoms with Gasteiger partial charge in [0.05, 0.1) is 0 Å². The summed E-state index contributed by atoms with van der Waals surface area (Å²) in [6.45, 7) is 2.86. The minimum Gasteiger partial charge on any atom is -0.374 e. The molecule has 0 unspecified atom stereocenters. The lowest BCUT2D eigenvalue weighted by molar-refractivity contribution is -0.107. The molecular weight excluding hydrogens is 162 g/mol. The van der Waals surface area contributed by atoms with Gasteiger partial charge in [-0.2, -0.15) is 0 Å². The van der Waals surface area contributed by atoms with Crippen molar-refractivity contribution < 1.29 is 4.79 Å². The van der Waals surface area contributed by atoms with Crippen LogP contribution in [0.1, 0.15) is 12.0 Å². The van der Waals surface area contributed by atoms with Gasteiger partial charge in [0.25, 0.3) is 0 Å². The summed E-state index contributed by atoms with van der Waals surface area (Å²) >= 11 is 0. The first-order valence-electron chi connectivity index (χ1n) is 4.46. The number of carbonyl (C=O) groups is 1. The summed E-state index contributed by atoms with van der Waals surface area (Å²) in [6, 6.07) is 8.18. The molecule has 0 fully saturated rings. The molecule has 0 aliphatic heterocycles. The van der Waals surface area contributed by atoms with Gasteiger partial charge in [-0.25, -0.2) is 0 Å². The molecule has 0 heterocycles. The minimum absolute atomic E-state index is 0.588. The van der Waals surface area contributed by atoms with E-state index in [0.717, 1.165) is 12.8 Å². The van der Waals surface area contributed by atoms with Crippen molar-refractivity contribution in [1.29, 1.82) is 0 Å². The van der Waals surface area contributed by atoms with Crippen LogP contribution in [0.15, 0.2) is 24.3 Å². The Morgan fingerprint density at radius 1 is 1.38 bits per heavy atom. The highest BCUT2D eigenvalue weighted by Crippen LogP contribution is 2.17. The second-order valence-electron chi connectivity index (χ2n) is 3.16. The van der Waals surface area contributed by atoms with Crippen LogP contribution in [0.2, 0.25) is 0 Å². The Morgan fingerprint density at radius 3 is 2.69 bits per heavy atom. The van der Waals surface area contributed by atoms with Gasteiger partial charge in [-0.15, -0.1) is 0 Å². The van der Waals surface area contributed by atoms with Crippen LogP contribution in [-0.2, 0) is 4.79 Å². The first-order chi connectivity index (χ1) is 6.25. The van der Waals surface area contributed by atoms with Crippen LogP contribution in [0.3, 0.4) is 0 Å². The van der Waals surface area contributed by atoms with Gasteiger partial charge in [0.2, 0.25) is 0 Å². The number of nitrogens with zero attached hydrogens (tertiary/aromatic N) is 1. The maximum atomic E-state index is 10.2. The highest BCUT2D eigenvalue weighted by molar-refractivity contribution is 5.55. The molecule has 1 aromatic rings. The predicted octanol–water partition coefficient (Wildman–Crippen LogP) is 2.02. The summed E-state index contributed by atoms with van der Waals surface area (Å²) in [5, 5.41) is 0. The van der Waals surface area contributed by atoms with Crippen LogP contribution in [0.25, 0.3) is 0 Å². The lowest BCUT2D eigenvalue weighted by Crippen LogP contribution is -2.19. The fraction of sp³-hybridized carbons (Fsp3) is 0.364. The van der Waals surface area contributed by atoms with E-state index < -0.39 is 0 Å². The predicted molar refractivity (Wildman–Crippen MR) is 55.1 cm³/mol. The van der Waals surface area contributed by atoms with E-state index in [4.69, 9.17) is 0 Å². The van der Waals surface area contributed by atoms with Gasteiger partial charge in [0.15, 0.2) is 0 Å². The van der Waals surface area contributed by atoms with Gasteiger partial charge in [-0.05, 0) is 18.6 Å². The smallest absolute Gasteiger partial charge is 0.121 e. The molecule has 1 rings (SSSR count). The summed E-state index contributed by atoms with van der Waals surface area (Å²) < 4.78 is 0. The van der Waals surface area contributed by atoms with Crippen LogP contribution in [0, 0.1) is 6.92 Å². The van der Waals surface area contributed by atoms with Crippen molar-refractivity contribution in [1.82, 2.24) is 0 Å². The molecule has 0 saturated carbocycles. The average molecular weight is 177 g/mol. The van der Waals surface area contributed by atoms with E-state index in [2.05, 4.69) is 24.0 Å². The Kier molecular flexibility index (Phi) is 3.50. The number of hydrogen-bond donors (Lipinski definition) is 0. The Labute approximate surface area is 79.2 Å². The van der Waals surface area contributed by atoms with E-state index in [1.165, 1.54) is 11.3 Å². The fourth-order valence-corrected chi connectivity index (χ4v) is 1.36. The van der Waals surface area contributed by atoms with Crippen LogP contribution in [0.4, 0.5) is 5.69 Å². The number of carbonyl (C=O) groups excluding carboxylic acids is 1. The average Bonchev–Trinajstić information content (AvgIpc) is 2.15. The number of para-hydroxylation sites is 1. The molecule has 0 amide bonds. The lowest BCUT2D eigenvalue weighted by atomic mass is 10.2. The molecule has 1 aromatic carbocycles. The normalized spacial score (nSPS) is 9.69. The molecular formula is C11H15NO. The number of rotatable bonds is 4. The number of aryl methyl sites for hydroxylation is 1. The van der Waals surface area contributed by atoms with Gasteiger partial charge < -0.3 is 9.69 Å². The van der Waals surface area contributed by atoms with E-state index in [0.29, 0.717) is 6.42 Å². The van der Waals surface area contributed by atoms with Gasteiger partial charge in [-0.1, -0.05) is 18.2 Å². The zero-order valence-electron chi connectivity index (χ0n) is 8.16. The third kappa shape index (κ3) is 2.58. The third-order valence-electron chi connectivity index (χ3n) is 2.11. The molecule has 0 bridgehead atoms. The van der Waals surface area contributed by atoms with E-state index >= 15 is 0 Å². The molecule has 0 radical (unpaired) electrons. The topological polar surface area (TPSA) is 20.3 Å². The molecule has 0 aliphatic rings. The van der Waals surface area contributed by atoms with Gasteiger partial charge in [0, 0.05) is 25.7 Å². The second kappa shape index (κ2) is 4.65. The SMILES string of the molecule is Cc1ccccc1N(C)CCC=O. The van der Waals surface area contributed by atoms with Crippen molar-refractivity contribution >= 4 is 12.0 Å². The number of hydrogen-bond acceptors (Lipinski definition) is 2. The molecule has 13 heavy (non-hydrogen) atoms. The van der Waals surface area contributed by atoms with Gasteiger partial charge in [-0.3, -0.25) is 0 Å². The van der Waals surface area contributed by atoms with Crippen LogP contribution < -0.4 is 4.90 Å². The Bertz CT molecular complexity index is 283. The summed E-state index contributed by atoms with van der Waals surface area (Å²) in [5.74, 6) is 0. The molecule has 0 saturated heterocycles. The van der Waals surface area contributed by atoms with E-state index in [1.807, 2.05) is 19.2 Å². The second-order valence-corrected chi connectivity index (χ2v) is 3.16. The Morgan fingerprint density at radius 2 is 2.08 bits per heavy atom. The minimum atomic E-state index is 0.588. The first-order valence-corrected chi connectivity index (χ1v) is 4.46. The zero-order valence-corrected chi connectivity index (χ0v) is 8.16. The highest BCUT2D eigenvalue weighted by atomic mass is 16.1. The van der Waals surface area contributed by atoms with Crippen LogP contribution in [0.5, 0.6) is 0 Å². The van der Waals surface area contributed by atoms with Crippen LogP contribution >= 0.6 is 0 Å². The quantitative estimate of drug-likeness (QED) is 0.656. The molecule has 0 atom stereocenters. The molecule has 0 aliphatic carbocycles. The summed E-state index contributed by atoms with van der Waals surface area (Å²) in [6.07, 6.45) is 1.54. The summed E-state index contributed by atoms with van der Waals surface area (Å²) in [5.41, 5.74) is 2.44. The van der Waals surface area contributed by atoms with E-state index in [-0.39, 0.29) is 0 Å². The molecule has 0 N–H and O–H groups in total. The highest BCUT2D eigenvalue weighted by Gasteiger charge is 2.01. The maximum absolute atomic E-state index is 10.2. The monoisotopic (exact) mass is 177 g/mol. The molecule has 2 nitrogen and oxygen atoms in total. The number of aldehydes is 1. The fourth-order valence-electron chi connectivity index (χ4n) is 1.36. The third-order valence-corrected chi connectivity index (χ3v) is 2.11. The van der Waals surface area contributed by atoms with Crippen molar-refractivity contribution in [2.75, 3.05) is 18.5 Å². The van der Waals surface area contributed by atoms with E-state index in [9.17, 15) is 4.79 Å². The summed E-state index contributed by atoms with van der Waals surface area (Å²) in [4.78, 5) is 12.3. The Balaban J connectivity index is 2.70. The van der Waals surface area contributed by atoms with Crippen molar-refractivity contribution in [2.45, 2.75) is 13.3 Å².